The number of nitrogens with zero attached hydrogens (tertiary/aromatic N) is 1. The Kier molecular flexibility index (Phi) is 8.72. The minimum absolute atomic E-state index is 0.0218. The van der Waals surface area contributed by atoms with Crippen molar-refractivity contribution >= 4 is 5.97 Å². The fraction of sp³-hybridized carbons (Fsp3) is 0.480. The summed E-state index contributed by atoms with van der Waals surface area (Å²) in [5.41, 5.74) is 4.06. The Labute approximate surface area is 174 Å². The fourth-order valence-electron chi connectivity index (χ4n) is 3.98. The molecular weight excluding hydrogens is 362 g/mol. The van der Waals surface area contributed by atoms with Gasteiger partial charge >= 0.3 is 5.97 Å². The molecule has 1 heterocycles. The first-order valence-electron chi connectivity index (χ1n) is 10.8. The van der Waals surface area contributed by atoms with Crippen LogP contribution >= 0.6 is 0 Å². The number of likely N-dealkylation sites (tertiary alicyclic amines) is 1. The molecule has 1 aliphatic heterocycles. The van der Waals surface area contributed by atoms with Crippen molar-refractivity contribution in [2.75, 3.05) is 39.5 Å². The lowest BCUT2D eigenvalue weighted by molar-refractivity contribution is -0.150. The number of ether oxygens (including phenoxy) is 2. The van der Waals surface area contributed by atoms with Crippen LogP contribution in [0.15, 0.2) is 54.6 Å². The highest BCUT2D eigenvalue weighted by molar-refractivity contribution is 5.72. The van der Waals surface area contributed by atoms with Gasteiger partial charge in [-0.15, -0.1) is 0 Å². The van der Waals surface area contributed by atoms with E-state index < -0.39 is 0 Å². The van der Waals surface area contributed by atoms with Crippen LogP contribution in [0.1, 0.15) is 36.5 Å². The second kappa shape index (κ2) is 11.7. The average Bonchev–Trinajstić information content (AvgIpc) is 2.76. The van der Waals surface area contributed by atoms with Gasteiger partial charge in [0.1, 0.15) is 0 Å². The first-order chi connectivity index (χ1) is 14.3. The number of hydrogen-bond acceptors (Lipinski definition) is 4. The Morgan fingerprint density at radius 2 is 1.79 bits per heavy atom. The Bertz CT molecular complexity index is 747. The van der Waals surface area contributed by atoms with Crippen molar-refractivity contribution in [1.82, 2.24) is 4.90 Å². The molecule has 2 aromatic carbocycles. The summed E-state index contributed by atoms with van der Waals surface area (Å²) in [6.45, 7) is 6.47. The second-order valence-electron chi connectivity index (χ2n) is 7.69. The van der Waals surface area contributed by atoms with E-state index in [1.54, 1.807) is 0 Å². The number of carbonyl (C=O) groups excluding carboxylic acids is 1. The lowest BCUT2D eigenvalue weighted by atomic mass is 9.98. The van der Waals surface area contributed by atoms with Gasteiger partial charge in [0.05, 0.1) is 25.7 Å². The van der Waals surface area contributed by atoms with Gasteiger partial charge in [-0.3, -0.25) is 4.79 Å². The molecule has 0 N–H and O–H groups in total. The van der Waals surface area contributed by atoms with Crippen LogP contribution < -0.4 is 0 Å². The van der Waals surface area contributed by atoms with Gasteiger partial charge in [-0.2, -0.15) is 0 Å². The van der Waals surface area contributed by atoms with Crippen LogP contribution in [0.2, 0.25) is 0 Å². The molecule has 2 aromatic rings. The quantitative estimate of drug-likeness (QED) is 0.448. The van der Waals surface area contributed by atoms with E-state index in [2.05, 4.69) is 59.5 Å². The van der Waals surface area contributed by atoms with E-state index in [0.717, 1.165) is 51.9 Å². The Morgan fingerprint density at radius 3 is 2.59 bits per heavy atom. The topological polar surface area (TPSA) is 38.8 Å². The molecule has 0 saturated carbocycles. The van der Waals surface area contributed by atoms with Crippen molar-refractivity contribution in [2.24, 2.45) is 5.92 Å². The normalized spacial score (nSPS) is 17.2. The van der Waals surface area contributed by atoms with E-state index in [1.165, 1.54) is 16.7 Å². The summed E-state index contributed by atoms with van der Waals surface area (Å²) in [4.78, 5) is 14.3. The first kappa shape index (κ1) is 21.5. The van der Waals surface area contributed by atoms with Crippen molar-refractivity contribution in [1.29, 1.82) is 0 Å². The third kappa shape index (κ3) is 6.98. The predicted molar refractivity (Wildman–Crippen MR) is 116 cm³/mol. The maximum absolute atomic E-state index is 12.0. The zero-order valence-corrected chi connectivity index (χ0v) is 17.5. The van der Waals surface area contributed by atoms with Crippen LogP contribution in [0.3, 0.4) is 0 Å². The van der Waals surface area contributed by atoms with Gasteiger partial charge in [0.2, 0.25) is 0 Å². The highest BCUT2D eigenvalue weighted by atomic mass is 16.5. The van der Waals surface area contributed by atoms with Gasteiger partial charge in [-0.25, -0.2) is 0 Å². The molecule has 0 aliphatic carbocycles. The van der Waals surface area contributed by atoms with Gasteiger partial charge in [0, 0.05) is 13.1 Å². The highest BCUT2D eigenvalue weighted by Gasteiger charge is 2.26. The van der Waals surface area contributed by atoms with Crippen LogP contribution in [-0.2, 0) is 27.1 Å². The number of esters is 1. The predicted octanol–water partition coefficient (Wildman–Crippen LogP) is 4.11. The lowest BCUT2D eigenvalue weighted by Crippen LogP contribution is -2.41. The van der Waals surface area contributed by atoms with E-state index in [4.69, 9.17) is 9.47 Å². The van der Waals surface area contributed by atoms with Gasteiger partial charge in [-0.05, 0) is 55.8 Å². The Balaban J connectivity index is 1.39. The van der Waals surface area contributed by atoms with Gasteiger partial charge < -0.3 is 14.4 Å². The Morgan fingerprint density at radius 1 is 1.03 bits per heavy atom. The van der Waals surface area contributed by atoms with Crippen LogP contribution in [0, 0.1) is 5.92 Å². The number of benzene rings is 2. The summed E-state index contributed by atoms with van der Waals surface area (Å²) >= 11 is 0. The Hall–Kier alpha value is -2.17. The molecule has 0 radical (unpaired) electrons. The third-order valence-electron chi connectivity index (χ3n) is 5.55. The van der Waals surface area contributed by atoms with E-state index in [0.29, 0.717) is 13.2 Å². The molecule has 0 bridgehead atoms. The molecular formula is C25H33NO3. The molecule has 1 aliphatic rings. The number of rotatable bonds is 10. The summed E-state index contributed by atoms with van der Waals surface area (Å²) in [6, 6.07) is 19.2. The summed E-state index contributed by atoms with van der Waals surface area (Å²) in [5, 5.41) is 0. The van der Waals surface area contributed by atoms with E-state index in [-0.39, 0.29) is 11.9 Å². The minimum Gasteiger partial charge on any atom is -0.466 e. The summed E-state index contributed by atoms with van der Waals surface area (Å²) in [5.74, 6) is -0.0262. The van der Waals surface area contributed by atoms with Crippen LogP contribution in [0.5, 0.6) is 0 Å². The minimum atomic E-state index is -0.0480. The molecule has 4 heteroatoms. The maximum Gasteiger partial charge on any atom is 0.310 e. The SMILES string of the molecule is CCOC(=O)C1CCCN(CCOCCc2ccccc2Cc2ccccc2)C1. The first-order valence-corrected chi connectivity index (χ1v) is 10.8. The van der Waals surface area contributed by atoms with Crippen molar-refractivity contribution < 1.29 is 14.3 Å². The largest absolute Gasteiger partial charge is 0.466 e. The lowest BCUT2D eigenvalue weighted by Gasteiger charge is -2.31. The number of carbonyl (C=O) groups is 1. The van der Waals surface area contributed by atoms with Gasteiger partial charge in [0.15, 0.2) is 0 Å². The summed E-state index contributed by atoms with van der Waals surface area (Å²) < 4.78 is 11.1. The molecule has 0 aromatic heterocycles. The number of hydrogen-bond donors (Lipinski definition) is 0. The van der Waals surface area contributed by atoms with Crippen molar-refractivity contribution in [2.45, 2.75) is 32.6 Å². The van der Waals surface area contributed by atoms with E-state index >= 15 is 0 Å². The number of piperidine rings is 1. The maximum atomic E-state index is 12.0. The van der Waals surface area contributed by atoms with Crippen LogP contribution in [-0.4, -0.2) is 50.3 Å². The van der Waals surface area contributed by atoms with Gasteiger partial charge in [-0.1, -0.05) is 54.6 Å². The van der Waals surface area contributed by atoms with Crippen molar-refractivity contribution in [3.05, 3.63) is 71.3 Å². The van der Waals surface area contributed by atoms with Gasteiger partial charge in [0.25, 0.3) is 0 Å². The highest BCUT2D eigenvalue weighted by Crippen LogP contribution is 2.18. The fourth-order valence-corrected chi connectivity index (χ4v) is 3.98. The van der Waals surface area contributed by atoms with Crippen LogP contribution in [0.25, 0.3) is 0 Å². The smallest absolute Gasteiger partial charge is 0.310 e. The van der Waals surface area contributed by atoms with E-state index in [9.17, 15) is 4.79 Å². The van der Waals surface area contributed by atoms with E-state index in [1.807, 2.05) is 6.92 Å². The zero-order chi connectivity index (χ0) is 20.3. The average molecular weight is 396 g/mol. The molecule has 1 saturated heterocycles. The standard InChI is InChI=1S/C25H33NO3/c1-2-29-25(27)24-13-8-15-26(20-24)16-18-28-17-14-22-11-6-7-12-23(22)19-21-9-4-3-5-10-21/h3-7,9-12,24H,2,8,13-20H2,1H3. The summed E-state index contributed by atoms with van der Waals surface area (Å²) in [7, 11) is 0. The molecule has 0 amide bonds. The molecule has 3 rings (SSSR count). The summed E-state index contributed by atoms with van der Waals surface area (Å²) in [6.07, 6.45) is 3.87. The van der Waals surface area contributed by atoms with Crippen molar-refractivity contribution in [3.63, 3.8) is 0 Å². The van der Waals surface area contributed by atoms with Crippen molar-refractivity contribution in [3.8, 4) is 0 Å². The monoisotopic (exact) mass is 395 g/mol. The molecule has 1 atom stereocenters. The molecule has 29 heavy (non-hydrogen) atoms. The zero-order valence-electron chi connectivity index (χ0n) is 17.5. The second-order valence-corrected chi connectivity index (χ2v) is 7.69. The molecule has 156 valence electrons. The van der Waals surface area contributed by atoms with Crippen LogP contribution in [0.4, 0.5) is 0 Å². The molecule has 1 fully saturated rings. The third-order valence-corrected chi connectivity index (χ3v) is 5.55. The molecule has 4 nitrogen and oxygen atoms in total. The molecule has 1 unspecified atom stereocenters. The molecule has 0 spiro atoms.